The number of methoxy groups -OCH3 is 1. The van der Waals surface area contributed by atoms with E-state index in [1.807, 2.05) is 9.58 Å². The second-order valence-electron chi connectivity index (χ2n) is 7.73. The van der Waals surface area contributed by atoms with Gasteiger partial charge < -0.3 is 15.4 Å². The summed E-state index contributed by atoms with van der Waals surface area (Å²) in [5.41, 5.74) is 5.77. The largest absolute Gasteiger partial charge is 0.468 e. The van der Waals surface area contributed by atoms with Gasteiger partial charge in [0.15, 0.2) is 5.82 Å². The molecule has 2 N–H and O–H groups in total. The van der Waals surface area contributed by atoms with Crippen molar-refractivity contribution >= 4 is 11.9 Å². The molecule has 0 saturated heterocycles. The summed E-state index contributed by atoms with van der Waals surface area (Å²) >= 11 is 0. The normalized spacial score (nSPS) is 20.8. The minimum atomic E-state index is -0.762. The van der Waals surface area contributed by atoms with Gasteiger partial charge in [0.2, 0.25) is 5.91 Å². The van der Waals surface area contributed by atoms with Crippen molar-refractivity contribution in [2.75, 3.05) is 13.7 Å². The van der Waals surface area contributed by atoms with Gasteiger partial charge in [-0.15, -0.1) is 0 Å². The van der Waals surface area contributed by atoms with Crippen molar-refractivity contribution in [2.24, 2.45) is 11.7 Å². The van der Waals surface area contributed by atoms with E-state index >= 15 is 0 Å². The van der Waals surface area contributed by atoms with Crippen LogP contribution in [0.1, 0.15) is 69.6 Å². The van der Waals surface area contributed by atoms with E-state index in [-0.39, 0.29) is 24.8 Å². The Morgan fingerprint density at radius 3 is 2.65 bits per heavy atom. The van der Waals surface area contributed by atoms with Crippen LogP contribution in [-0.2, 0) is 20.9 Å². The van der Waals surface area contributed by atoms with E-state index in [9.17, 15) is 9.59 Å². The molecule has 3 rings (SSSR count). The zero-order valence-electron chi connectivity index (χ0n) is 15.9. The lowest BCUT2D eigenvalue weighted by atomic mass is 9.99. The Morgan fingerprint density at radius 1 is 1.31 bits per heavy atom. The summed E-state index contributed by atoms with van der Waals surface area (Å²) in [6.45, 7) is 5.57. The molecule has 26 heavy (non-hydrogen) atoms. The van der Waals surface area contributed by atoms with Gasteiger partial charge in [0, 0.05) is 18.9 Å². The molecule has 1 aromatic heterocycles. The minimum Gasteiger partial charge on any atom is -0.468 e. The van der Waals surface area contributed by atoms with Crippen LogP contribution in [0.25, 0.3) is 0 Å². The first-order valence-corrected chi connectivity index (χ1v) is 9.48. The standard InChI is InChI=1S/C18H29N5O3/c1-11(2)10-14-17-20-16(12-4-5-12)21-23(17)9-8-22(14)15(24)7-6-13(19)18(25)26-3/h11-14H,4-10,19H2,1-3H3/t13-,14-/m0/s1. The Labute approximate surface area is 154 Å². The zero-order chi connectivity index (χ0) is 18.8. The molecule has 8 nitrogen and oxygen atoms in total. The molecule has 0 aromatic carbocycles. The number of nitrogens with two attached hydrogens (primary N) is 1. The van der Waals surface area contributed by atoms with Crippen molar-refractivity contribution in [3.8, 4) is 0 Å². The Bertz CT molecular complexity index is 668. The van der Waals surface area contributed by atoms with Crippen molar-refractivity contribution < 1.29 is 14.3 Å². The number of aromatic nitrogens is 3. The lowest BCUT2D eigenvalue weighted by Gasteiger charge is -2.36. The molecule has 2 aliphatic rings. The average molecular weight is 363 g/mol. The second kappa shape index (κ2) is 7.73. The number of hydrogen-bond donors (Lipinski definition) is 1. The van der Waals surface area contributed by atoms with Gasteiger partial charge in [-0.2, -0.15) is 5.10 Å². The summed E-state index contributed by atoms with van der Waals surface area (Å²) in [4.78, 5) is 31.0. The number of carbonyl (C=O) groups excluding carboxylic acids is 2. The average Bonchev–Trinajstić information content (AvgIpc) is 3.37. The van der Waals surface area contributed by atoms with Crippen molar-refractivity contribution in [3.05, 3.63) is 11.6 Å². The molecule has 2 atom stereocenters. The first-order valence-electron chi connectivity index (χ1n) is 9.48. The fourth-order valence-corrected chi connectivity index (χ4v) is 3.47. The van der Waals surface area contributed by atoms with Crippen LogP contribution in [0.5, 0.6) is 0 Å². The highest BCUT2D eigenvalue weighted by atomic mass is 16.5. The summed E-state index contributed by atoms with van der Waals surface area (Å²) in [6, 6.07) is -0.826. The Hall–Kier alpha value is -1.96. The van der Waals surface area contributed by atoms with Gasteiger partial charge in [-0.3, -0.25) is 9.59 Å². The van der Waals surface area contributed by atoms with E-state index in [0.29, 0.717) is 24.9 Å². The molecule has 1 amide bonds. The minimum absolute atomic E-state index is 0.0113. The van der Waals surface area contributed by atoms with Crippen molar-refractivity contribution in [2.45, 2.75) is 70.5 Å². The number of esters is 1. The molecule has 0 spiro atoms. The van der Waals surface area contributed by atoms with Crippen LogP contribution in [0.3, 0.4) is 0 Å². The van der Waals surface area contributed by atoms with Crippen molar-refractivity contribution in [1.29, 1.82) is 0 Å². The number of hydrogen-bond acceptors (Lipinski definition) is 6. The highest BCUT2D eigenvalue weighted by Crippen LogP contribution is 2.40. The predicted molar refractivity (Wildman–Crippen MR) is 95.1 cm³/mol. The number of fused-ring (bicyclic) bond motifs is 1. The van der Waals surface area contributed by atoms with E-state index in [2.05, 4.69) is 23.7 Å². The summed E-state index contributed by atoms with van der Waals surface area (Å²) in [7, 11) is 1.30. The molecule has 1 fully saturated rings. The van der Waals surface area contributed by atoms with E-state index in [1.54, 1.807) is 0 Å². The molecule has 1 aromatic rings. The number of nitrogens with zero attached hydrogens (tertiary/aromatic N) is 4. The Kier molecular flexibility index (Phi) is 5.60. The maximum Gasteiger partial charge on any atom is 0.322 e. The Balaban J connectivity index is 1.72. The number of carbonyl (C=O) groups is 2. The number of rotatable bonds is 7. The molecule has 8 heteroatoms. The van der Waals surface area contributed by atoms with E-state index in [0.717, 1.165) is 30.9 Å². The lowest BCUT2D eigenvalue weighted by Crippen LogP contribution is -2.44. The van der Waals surface area contributed by atoms with Gasteiger partial charge in [-0.25, -0.2) is 9.67 Å². The van der Waals surface area contributed by atoms with Crippen LogP contribution in [0.2, 0.25) is 0 Å². The second-order valence-corrected chi connectivity index (χ2v) is 7.73. The molecule has 1 aliphatic carbocycles. The van der Waals surface area contributed by atoms with E-state index in [4.69, 9.17) is 10.7 Å². The van der Waals surface area contributed by atoms with Gasteiger partial charge in [0.05, 0.1) is 19.7 Å². The first kappa shape index (κ1) is 18.8. The quantitative estimate of drug-likeness (QED) is 0.734. The summed E-state index contributed by atoms with van der Waals surface area (Å²) < 4.78 is 6.61. The predicted octanol–water partition coefficient (Wildman–Crippen LogP) is 1.37. The van der Waals surface area contributed by atoms with Crippen LogP contribution in [-0.4, -0.2) is 51.2 Å². The molecular weight excluding hydrogens is 334 g/mol. The third kappa shape index (κ3) is 4.06. The molecule has 1 aliphatic heterocycles. The first-order chi connectivity index (χ1) is 12.4. The van der Waals surface area contributed by atoms with Gasteiger partial charge in [0.25, 0.3) is 0 Å². The molecule has 2 heterocycles. The monoisotopic (exact) mass is 363 g/mol. The molecule has 144 valence electrons. The van der Waals surface area contributed by atoms with E-state index in [1.165, 1.54) is 7.11 Å². The molecule has 1 saturated carbocycles. The van der Waals surface area contributed by atoms with E-state index < -0.39 is 12.0 Å². The maximum absolute atomic E-state index is 12.8. The highest BCUT2D eigenvalue weighted by Gasteiger charge is 2.36. The van der Waals surface area contributed by atoms with Gasteiger partial charge >= 0.3 is 5.97 Å². The topological polar surface area (TPSA) is 103 Å². The summed E-state index contributed by atoms with van der Waals surface area (Å²) in [5.74, 6) is 2.28. The highest BCUT2D eigenvalue weighted by molar-refractivity contribution is 5.79. The van der Waals surface area contributed by atoms with Crippen LogP contribution in [0, 0.1) is 5.92 Å². The lowest BCUT2D eigenvalue weighted by molar-refractivity contribution is -0.142. The van der Waals surface area contributed by atoms with Crippen LogP contribution in [0.4, 0.5) is 0 Å². The fourth-order valence-electron chi connectivity index (χ4n) is 3.47. The summed E-state index contributed by atoms with van der Waals surface area (Å²) in [5, 5.41) is 4.66. The number of amides is 1. The molecule has 0 radical (unpaired) electrons. The number of ether oxygens (including phenoxy) is 1. The molecule has 0 bridgehead atoms. The maximum atomic E-state index is 12.8. The Morgan fingerprint density at radius 2 is 2.04 bits per heavy atom. The van der Waals surface area contributed by atoms with Crippen molar-refractivity contribution in [1.82, 2.24) is 19.7 Å². The van der Waals surface area contributed by atoms with Gasteiger partial charge in [-0.1, -0.05) is 13.8 Å². The van der Waals surface area contributed by atoms with Gasteiger partial charge in [-0.05, 0) is 31.6 Å². The van der Waals surface area contributed by atoms with Crippen molar-refractivity contribution in [3.63, 3.8) is 0 Å². The molecule has 0 unspecified atom stereocenters. The van der Waals surface area contributed by atoms with Gasteiger partial charge in [0.1, 0.15) is 11.9 Å². The third-order valence-electron chi connectivity index (χ3n) is 5.07. The molecular formula is C18H29N5O3. The van der Waals surface area contributed by atoms with Crippen LogP contribution >= 0.6 is 0 Å². The van der Waals surface area contributed by atoms with Crippen LogP contribution in [0.15, 0.2) is 0 Å². The SMILES string of the molecule is COC(=O)[C@@H](N)CCC(=O)N1CCn2nc(C3CC3)nc2[C@@H]1CC(C)C. The third-order valence-corrected chi connectivity index (χ3v) is 5.07. The zero-order valence-corrected chi connectivity index (χ0v) is 15.9. The smallest absolute Gasteiger partial charge is 0.322 e. The fraction of sp³-hybridized carbons (Fsp3) is 0.778. The summed E-state index contributed by atoms with van der Waals surface area (Å²) in [6.07, 6.45) is 3.68. The van der Waals surface area contributed by atoms with Crippen LogP contribution < -0.4 is 5.73 Å².